The highest BCUT2D eigenvalue weighted by Gasteiger charge is 2.23. The standard InChI is InChI=1S/C15H18N2O5/c1-7-12(14(18)20-5)9(3)16-13(7)15(19)21-6-11-8(2)17-22-10(11)4/h16H,6H2,1-5H3. The Hall–Kier alpha value is -2.57. The largest absolute Gasteiger partial charge is 0.465 e. The van der Waals surface area contributed by atoms with Gasteiger partial charge in [0.15, 0.2) is 0 Å². The molecule has 7 heteroatoms. The predicted molar refractivity (Wildman–Crippen MR) is 76.7 cm³/mol. The SMILES string of the molecule is COC(=O)c1c(C)[nH]c(C(=O)OCc2c(C)noc2C)c1C. The van der Waals surface area contributed by atoms with Gasteiger partial charge in [-0.25, -0.2) is 9.59 Å². The summed E-state index contributed by atoms with van der Waals surface area (Å²) in [6.45, 7) is 6.96. The first-order valence-corrected chi connectivity index (χ1v) is 6.73. The molecular formula is C15H18N2O5. The number of H-pyrrole nitrogens is 1. The van der Waals surface area contributed by atoms with Gasteiger partial charge in [0.1, 0.15) is 18.1 Å². The van der Waals surface area contributed by atoms with Gasteiger partial charge in [-0.1, -0.05) is 5.16 Å². The second kappa shape index (κ2) is 6.05. The fourth-order valence-corrected chi connectivity index (χ4v) is 2.28. The van der Waals surface area contributed by atoms with E-state index in [1.165, 1.54) is 7.11 Å². The van der Waals surface area contributed by atoms with Gasteiger partial charge >= 0.3 is 11.9 Å². The van der Waals surface area contributed by atoms with E-state index in [1.54, 1.807) is 27.7 Å². The number of aromatic amines is 1. The van der Waals surface area contributed by atoms with Gasteiger partial charge in [-0.05, 0) is 33.3 Å². The van der Waals surface area contributed by atoms with Crippen molar-refractivity contribution in [1.29, 1.82) is 0 Å². The molecule has 0 fully saturated rings. The van der Waals surface area contributed by atoms with Gasteiger partial charge < -0.3 is 19.0 Å². The maximum atomic E-state index is 12.2. The molecule has 0 saturated heterocycles. The molecule has 0 atom stereocenters. The summed E-state index contributed by atoms with van der Waals surface area (Å²) in [5, 5.41) is 3.80. The Morgan fingerprint density at radius 1 is 1.18 bits per heavy atom. The zero-order valence-corrected chi connectivity index (χ0v) is 13.2. The van der Waals surface area contributed by atoms with Crippen LogP contribution in [0, 0.1) is 27.7 Å². The Kier molecular flexibility index (Phi) is 4.35. The van der Waals surface area contributed by atoms with E-state index < -0.39 is 11.9 Å². The van der Waals surface area contributed by atoms with E-state index >= 15 is 0 Å². The number of nitrogens with one attached hydrogen (secondary N) is 1. The molecule has 118 valence electrons. The first kappa shape index (κ1) is 15.8. The third-order valence-corrected chi connectivity index (χ3v) is 3.56. The van der Waals surface area contributed by atoms with Crippen LogP contribution in [0.3, 0.4) is 0 Å². The molecule has 0 aromatic carbocycles. The normalized spacial score (nSPS) is 10.6. The summed E-state index contributed by atoms with van der Waals surface area (Å²) >= 11 is 0. The number of methoxy groups -OCH3 is 1. The molecule has 7 nitrogen and oxygen atoms in total. The molecule has 0 aliphatic heterocycles. The number of aryl methyl sites for hydroxylation is 3. The summed E-state index contributed by atoms with van der Waals surface area (Å²) < 4.78 is 15.0. The van der Waals surface area contributed by atoms with Gasteiger partial charge in [0, 0.05) is 5.69 Å². The molecule has 2 aromatic rings. The van der Waals surface area contributed by atoms with Crippen LogP contribution in [0.15, 0.2) is 4.52 Å². The number of carbonyl (C=O) groups is 2. The molecule has 0 aliphatic rings. The topological polar surface area (TPSA) is 94.4 Å². The van der Waals surface area contributed by atoms with Gasteiger partial charge in [-0.15, -0.1) is 0 Å². The van der Waals surface area contributed by atoms with E-state index in [1.807, 2.05) is 0 Å². The van der Waals surface area contributed by atoms with Crippen molar-refractivity contribution in [3.63, 3.8) is 0 Å². The minimum atomic E-state index is -0.546. The van der Waals surface area contributed by atoms with Gasteiger partial charge in [0.25, 0.3) is 0 Å². The number of aromatic nitrogens is 2. The maximum absolute atomic E-state index is 12.2. The molecule has 0 amide bonds. The summed E-state index contributed by atoms with van der Waals surface area (Å²) in [4.78, 5) is 26.8. The third-order valence-electron chi connectivity index (χ3n) is 3.56. The lowest BCUT2D eigenvalue weighted by Gasteiger charge is -2.04. The highest BCUT2D eigenvalue weighted by molar-refractivity contribution is 5.98. The Balaban J connectivity index is 2.19. The van der Waals surface area contributed by atoms with Crippen molar-refractivity contribution in [3.05, 3.63) is 39.5 Å². The fraction of sp³-hybridized carbons (Fsp3) is 0.400. The Morgan fingerprint density at radius 3 is 2.41 bits per heavy atom. The van der Waals surface area contributed by atoms with Crippen molar-refractivity contribution in [2.75, 3.05) is 7.11 Å². The highest BCUT2D eigenvalue weighted by Crippen LogP contribution is 2.21. The Bertz CT molecular complexity index is 707. The fourth-order valence-electron chi connectivity index (χ4n) is 2.28. The number of esters is 2. The van der Waals surface area contributed by atoms with Gasteiger partial charge in [-0.3, -0.25) is 0 Å². The van der Waals surface area contributed by atoms with Gasteiger partial charge in [0.05, 0.1) is 23.9 Å². The van der Waals surface area contributed by atoms with Crippen molar-refractivity contribution in [2.24, 2.45) is 0 Å². The van der Waals surface area contributed by atoms with Crippen LogP contribution in [-0.4, -0.2) is 29.2 Å². The van der Waals surface area contributed by atoms with Crippen LogP contribution in [0.25, 0.3) is 0 Å². The predicted octanol–water partition coefficient (Wildman–Crippen LogP) is 2.38. The van der Waals surface area contributed by atoms with Crippen LogP contribution < -0.4 is 0 Å². The lowest BCUT2D eigenvalue weighted by molar-refractivity contribution is 0.0463. The molecule has 2 aromatic heterocycles. The third kappa shape index (κ3) is 2.74. The Labute approximate surface area is 127 Å². The zero-order chi connectivity index (χ0) is 16.4. The molecule has 0 aliphatic carbocycles. The van der Waals surface area contributed by atoms with Crippen LogP contribution in [0.4, 0.5) is 0 Å². The van der Waals surface area contributed by atoms with E-state index in [-0.39, 0.29) is 12.3 Å². The lowest BCUT2D eigenvalue weighted by atomic mass is 10.1. The highest BCUT2D eigenvalue weighted by atomic mass is 16.5. The lowest BCUT2D eigenvalue weighted by Crippen LogP contribution is -2.09. The number of rotatable bonds is 4. The molecule has 0 saturated carbocycles. The van der Waals surface area contributed by atoms with Crippen molar-refractivity contribution >= 4 is 11.9 Å². The molecule has 0 spiro atoms. The van der Waals surface area contributed by atoms with Crippen LogP contribution in [0.5, 0.6) is 0 Å². The van der Waals surface area contributed by atoms with Crippen molar-refractivity contribution in [1.82, 2.24) is 10.1 Å². The Morgan fingerprint density at radius 2 is 1.86 bits per heavy atom. The summed E-state index contributed by atoms with van der Waals surface area (Å²) in [6, 6.07) is 0. The summed E-state index contributed by atoms with van der Waals surface area (Å²) in [6.07, 6.45) is 0. The number of hydrogen-bond donors (Lipinski definition) is 1. The van der Waals surface area contributed by atoms with E-state index in [4.69, 9.17) is 14.0 Å². The number of ether oxygens (including phenoxy) is 2. The van der Waals surface area contributed by atoms with E-state index in [0.717, 1.165) is 5.56 Å². The molecule has 2 rings (SSSR count). The van der Waals surface area contributed by atoms with Crippen LogP contribution in [0.2, 0.25) is 0 Å². The van der Waals surface area contributed by atoms with E-state index in [2.05, 4.69) is 10.1 Å². The monoisotopic (exact) mass is 306 g/mol. The zero-order valence-electron chi connectivity index (χ0n) is 13.2. The first-order chi connectivity index (χ1) is 10.4. The maximum Gasteiger partial charge on any atom is 0.355 e. The molecule has 22 heavy (non-hydrogen) atoms. The summed E-state index contributed by atoms with van der Waals surface area (Å²) in [7, 11) is 1.30. The van der Waals surface area contributed by atoms with E-state index in [0.29, 0.717) is 28.3 Å². The van der Waals surface area contributed by atoms with Gasteiger partial charge in [0.2, 0.25) is 0 Å². The second-order valence-corrected chi connectivity index (χ2v) is 5.00. The number of nitrogens with zero attached hydrogens (tertiary/aromatic N) is 1. The first-order valence-electron chi connectivity index (χ1n) is 6.73. The van der Waals surface area contributed by atoms with Crippen LogP contribution in [-0.2, 0) is 16.1 Å². The molecular weight excluding hydrogens is 288 g/mol. The second-order valence-electron chi connectivity index (χ2n) is 5.00. The van der Waals surface area contributed by atoms with E-state index in [9.17, 15) is 9.59 Å². The molecule has 2 heterocycles. The quantitative estimate of drug-likeness (QED) is 0.871. The average Bonchev–Trinajstić information content (AvgIpc) is 2.96. The minimum absolute atomic E-state index is 0.0606. The van der Waals surface area contributed by atoms with Gasteiger partial charge in [-0.2, -0.15) is 0 Å². The smallest absolute Gasteiger partial charge is 0.355 e. The van der Waals surface area contributed by atoms with Crippen molar-refractivity contribution in [2.45, 2.75) is 34.3 Å². The number of carbonyl (C=O) groups excluding carboxylic acids is 2. The molecule has 0 unspecified atom stereocenters. The summed E-state index contributed by atoms with van der Waals surface area (Å²) in [5.41, 5.74) is 3.08. The van der Waals surface area contributed by atoms with Crippen molar-refractivity contribution in [3.8, 4) is 0 Å². The molecule has 1 N–H and O–H groups in total. The average molecular weight is 306 g/mol. The summed E-state index contributed by atoms with van der Waals surface area (Å²) in [5.74, 6) is -0.424. The molecule has 0 bridgehead atoms. The van der Waals surface area contributed by atoms with Crippen molar-refractivity contribution < 1.29 is 23.6 Å². The molecule has 0 radical (unpaired) electrons. The van der Waals surface area contributed by atoms with Crippen LogP contribution in [0.1, 0.15) is 49.1 Å². The van der Waals surface area contributed by atoms with Crippen LogP contribution >= 0.6 is 0 Å². The number of hydrogen-bond acceptors (Lipinski definition) is 6. The minimum Gasteiger partial charge on any atom is -0.465 e.